The van der Waals surface area contributed by atoms with Crippen LogP contribution >= 0.6 is 0 Å². The van der Waals surface area contributed by atoms with Crippen molar-refractivity contribution in [2.24, 2.45) is 0 Å². The van der Waals surface area contributed by atoms with Crippen LogP contribution in [-0.4, -0.2) is 29.1 Å². The number of benzene rings is 11. The first-order chi connectivity index (χ1) is 47.2. The van der Waals surface area contributed by atoms with Gasteiger partial charge in [-0.1, -0.05) is 140 Å². The number of hydrogen-bond acceptors (Lipinski definition) is 8. The third-order valence-corrected chi connectivity index (χ3v) is 17.3. The van der Waals surface area contributed by atoms with E-state index in [0.717, 1.165) is 77.0 Å². The summed E-state index contributed by atoms with van der Waals surface area (Å²) in [5, 5.41) is 44.0. The van der Waals surface area contributed by atoms with E-state index in [-0.39, 0.29) is 0 Å². The van der Waals surface area contributed by atoms with Gasteiger partial charge in [-0.2, -0.15) is 21.0 Å². The van der Waals surface area contributed by atoms with Crippen LogP contribution in [0.4, 0.5) is 22.7 Å². The van der Waals surface area contributed by atoms with Gasteiger partial charge in [0.15, 0.2) is 40.2 Å². The number of pyridine rings is 1. The molecule has 15 aromatic rings. The Hall–Kier alpha value is -14.9. The molecular weight excluding hydrogens is 1180 g/mol. The highest BCUT2D eigenvalue weighted by atomic mass is 15.1. The number of fused-ring (bicyclic) bond motifs is 6. The van der Waals surface area contributed by atoms with Crippen LogP contribution < -0.4 is 0 Å². The van der Waals surface area contributed by atoms with Gasteiger partial charge in [0, 0.05) is 61.1 Å². The number of nitriles is 4. The first-order valence-corrected chi connectivity index (χ1v) is 30.0. The van der Waals surface area contributed by atoms with E-state index in [0.29, 0.717) is 113 Å². The van der Waals surface area contributed by atoms with Gasteiger partial charge < -0.3 is 9.13 Å². The van der Waals surface area contributed by atoms with Crippen molar-refractivity contribution in [3.8, 4) is 126 Å². The molecule has 0 aliphatic heterocycles. The van der Waals surface area contributed by atoms with E-state index in [1.54, 1.807) is 72.9 Å². The molecule has 0 unspecified atom stereocenters. The van der Waals surface area contributed by atoms with Crippen LogP contribution in [0.15, 0.2) is 243 Å². The van der Waals surface area contributed by atoms with Crippen LogP contribution in [0.1, 0.15) is 22.3 Å². The lowest BCUT2D eigenvalue weighted by atomic mass is 9.96. The van der Waals surface area contributed by atoms with Gasteiger partial charge in [-0.05, 0) is 142 Å². The summed E-state index contributed by atoms with van der Waals surface area (Å²) in [5.74, 6) is 1.24. The van der Waals surface area contributed by atoms with Crippen molar-refractivity contribution in [2.45, 2.75) is 0 Å². The van der Waals surface area contributed by atoms with E-state index in [1.807, 2.05) is 158 Å². The van der Waals surface area contributed by atoms with Gasteiger partial charge in [-0.3, -0.25) is 4.98 Å². The van der Waals surface area contributed by atoms with Crippen molar-refractivity contribution < 1.29 is 0 Å². The second-order valence-electron chi connectivity index (χ2n) is 22.5. The summed E-state index contributed by atoms with van der Waals surface area (Å²) in [6, 6.07) is 83.1. The predicted molar refractivity (Wildman–Crippen MR) is 374 cm³/mol. The molecule has 0 saturated heterocycles. The van der Waals surface area contributed by atoms with E-state index >= 15 is 0 Å². The Morgan fingerprint density at radius 2 is 0.760 bits per heavy atom. The van der Waals surface area contributed by atoms with Crippen molar-refractivity contribution in [2.75, 3.05) is 0 Å². The zero-order valence-electron chi connectivity index (χ0n) is 50.4. The molecule has 0 atom stereocenters. The lowest BCUT2D eigenvalue weighted by Crippen LogP contribution is -2.06. The van der Waals surface area contributed by atoms with Gasteiger partial charge in [0.05, 0.1) is 101 Å². The maximum absolute atomic E-state index is 10.5. The van der Waals surface area contributed by atoms with Crippen molar-refractivity contribution in [1.29, 1.82) is 21.0 Å². The van der Waals surface area contributed by atoms with E-state index in [9.17, 15) is 21.0 Å². The summed E-state index contributed by atoms with van der Waals surface area (Å²) in [6.45, 7) is 31.9. The molecule has 438 valence electrons. The molecule has 0 aliphatic rings. The minimum absolute atomic E-state index is 0.319. The fraction of sp³-hybridized carbons (Fsp3) is 0. The van der Waals surface area contributed by atoms with Gasteiger partial charge in [-0.25, -0.2) is 34.3 Å². The molecule has 0 radical (unpaired) electrons. The van der Waals surface area contributed by atoms with Crippen molar-refractivity contribution in [3.05, 3.63) is 311 Å². The standard InChI is InChI=1S/C82H40N14/c1-87-59-26-30-62(58(39-59)48-86)54-22-32-72-66(41-54)68-43-56(64-31-27-60(88-2)44-71(64)90-4)24-34-73(68)95(72)76-18-11-17-65(82-93-80(51-13-7-5-8-14-51)92-81(94-82)52-15-9-6-10-16-52)78(76)79-77(19-12-36-91-79)96-74-33-23-53(61-28-20-49(45-83)37-57(61)47-85)40-67(74)69-42-55(25-35-75(69)96)63-29-21-50(46-84)38-70(63)89-3/h5-44H. The molecule has 11 aromatic carbocycles. The number of nitrogens with zero attached hydrogens (tertiary/aromatic N) is 14. The fourth-order valence-electron chi connectivity index (χ4n) is 12.9. The summed E-state index contributed by atoms with van der Waals surface area (Å²) in [7, 11) is 0. The molecule has 14 nitrogen and oxygen atoms in total. The van der Waals surface area contributed by atoms with Crippen LogP contribution in [0.2, 0.25) is 0 Å². The highest BCUT2D eigenvalue weighted by Gasteiger charge is 2.28. The van der Waals surface area contributed by atoms with Gasteiger partial charge in [0.25, 0.3) is 0 Å². The Morgan fingerprint density at radius 3 is 1.27 bits per heavy atom. The zero-order chi connectivity index (χ0) is 65.6. The molecule has 0 spiro atoms. The molecule has 0 N–H and O–H groups in total. The lowest BCUT2D eigenvalue weighted by molar-refractivity contribution is 1.07. The maximum Gasteiger partial charge on any atom is 0.196 e. The minimum atomic E-state index is 0.319. The number of aromatic nitrogens is 6. The molecule has 96 heavy (non-hydrogen) atoms. The molecule has 0 saturated carbocycles. The second-order valence-corrected chi connectivity index (χ2v) is 22.5. The lowest BCUT2D eigenvalue weighted by Gasteiger charge is -2.21. The molecule has 4 aromatic heterocycles. The Bertz CT molecular complexity index is 5880. The Morgan fingerprint density at radius 1 is 0.323 bits per heavy atom. The fourth-order valence-corrected chi connectivity index (χ4v) is 12.9. The first kappa shape index (κ1) is 57.5. The molecule has 15 rings (SSSR count). The molecule has 0 fully saturated rings. The van der Waals surface area contributed by atoms with E-state index in [4.69, 9.17) is 46.2 Å². The SMILES string of the molecule is [C-]#[N+]c1ccc(-c2ccc3c(c2)c2cc(-c4ccc([N+]#[C-])cc4[N+]#[C-])ccc2n3-c2cccc(-c3nc(-c4ccccc4)nc(-c4ccccc4)n3)c2-c2ncccc2-n2c3ccc(-c4ccc(C#N)cc4C#N)cc3c3cc(-c4ccc(C#N)cc4[N+]#[C-])ccc32)c(C#N)c1. The zero-order valence-corrected chi connectivity index (χ0v) is 50.4. The van der Waals surface area contributed by atoms with Crippen LogP contribution in [0.5, 0.6) is 0 Å². The van der Waals surface area contributed by atoms with Crippen LogP contribution in [-0.2, 0) is 0 Å². The summed E-state index contributed by atoms with van der Waals surface area (Å²) in [6.07, 6.45) is 1.76. The smallest absolute Gasteiger partial charge is 0.196 e. The molecule has 4 heterocycles. The van der Waals surface area contributed by atoms with E-state index in [2.05, 4.69) is 64.9 Å². The van der Waals surface area contributed by atoms with E-state index < -0.39 is 0 Å². The summed E-state index contributed by atoms with van der Waals surface area (Å²) >= 11 is 0. The van der Waals surface area contributed by atoms with Crippen molar-refractivity contribution in [3.63, 3.8) is 0 Å². The summed E-state index contributed by atoms with van der Waals surface area (Å²) < 4.78 is 4.36. The first-order valence-electron chi connectivity index (χ1n) is 30.0. The normalized spacial score (nSPS) is 10.8. The quantitative estimate of drug-likeness (QED) is 0.122. The van der Waals surface area contributed by atoms with Crippen LogP contribution in [0.3, 0.4) is 0 Å². The number of rotatable bonds is 10. The largest absolute Gasteiger partial charge is 0.309 e. The molecule has 14 heteroatoms. The van der Waals surface area contributed by atoms with Crippen molar-refractivity contribution >= 4 is 66.4 Å². The molecule has 0 amide bonds. The predicted octanol–water partition coefficient (Wildman–Crippen LogP) is 20.5. The minimum Gasteiger partial charge on any atom is -0.309 e. The van der Waals surface area contributed by atoms with Crippen molar-refractivity contribution in [1.82, 2.24) is 29.1 Å². The Labute approximate surface area is 549 Å². The maximum atomic E-state index is 10.5. The Balaban J connectivity index is 1.06. The summed E-state index contributed by atoms with van der Waals surface area (Å²) in [4.78, 5) is 36.3. The van der Waals surface area contributed by atoms with Gasteiger partial charge in [0.2, 0.25) is 0 Å². The Kier molecular flexibility index (Phi) is 14.3. The molecule has 0 bridgehead atoms. The molecule has 0 aliphatic carbocycles. The van der Waals surface area contributed by atoms with Gasteiger partial charge in [-0.15, -0.1) is 0 Å². The van der Waals surface area contributed by atoms with Gasteiger partial charge in [0.1, 0.15) is 0 Å². The van der Waals surface area contributed by atoms with Crippen LogP contribution in [0.25, 0.3) is 164 Å². The average molecular weight is 1220 g/mol. The van der Waals surface area contributed by atoms with E-state index in [1.165, 1.54) is 0 Å². The number of hydrogen-bond donors (Lipinski definition) is 0. The van der Waals surface area contributed by atoms with Gasteiger partial charge >= 0.3 is 0 Å². The third kappa shape index (κ3) is 9.78. The highest BCUT2D eigenvalue weighted by molar-refractivity contribution is 6.15. The topological polar surface area (TPSA) is 174 Å². The third-order valence-electron chi connectivity index (χ3n) is 17.3. The monoisotopic (exact) mass is 1220 g/mol. The average Bonchev–Trinajstić information content (AvgIpc) is 1.55. The summed E-state index contributed by atoms with van der Waals surface area (Å²) in [5.41, 5.74) is 16.0. The van der Waals surface area contributed by atoms with Crippen LogP contribution in [0, 0.1) is 71.6 Å². The molecular formula is C82H40N14. The highest BCUT2D eigenvalue weighted by Crippen LogP contribution is 2.48. The second kappa shape index (κ2) is 23.8.